The normalized spacial score (nSPS) is 11.6. The molecule has 0 aliphatic rings. The van der Waals surface area contributed by atoms with Crippen molar-refractivity contribution in [1.82, 2.24) is 15.5 Å². The summed E-state index contributed by atoms with van der Waals surface area (Å²) in [6.07, 6.45) is 0. The van der Waals surface area contributed by atoms with E-state index in [2.05, 4.69) is 20.2 Å². The number of aromatic nitrogens is 2. The van der Waals surface area contributed by atoms with Gasteiger partial charge in [-0.15, -0.1) is 0 Å². The van der Waals surface area contributed by atoms with Gasteiger partial charge in [-0.05, 0) is 38.6 Å². The summed E-state index contributed by atoms with van der Waals surface area (Å²) in [7, 11) is -2.25. The Hall–Kier alpha value is -1.93. The monoisotopic (exact) mass is 312 g/mol. The molecule has 1 aromatic carbocycles. The third-order valence-corrected chi connectivity index (χ3v) is 4.35. The summed E-state index contributed by atoms with van der Waals surface area (Å²) in [5.74, 6) is -0.633. The van der Waals surface area contributed by atoms with Gasteiger partial charge in [-0.1, -0.05) is 6.07 Å². The van der Waals surface area contributed by atoms with Gasteiger partial charge in [-0.25, -0.2) is 4.39 Å². The first-order valence-corrected chi connectivity index (χ1v) is 7.81. The first-order valence-electron chi connectivity index (χ1n) is 6.32. The largest absolute Gasteiger partial charge is 0.316 e. The highest BCUT2D eigenvalue weighted by molar-refractivity contribution is 7.92. The number of benzene rings is 1. The fourth-order valence-corrected chi connectivity index (χ4v) is 3.21. The molecule has 1 aromatic heterocycles. The van der Waals surface area contributed by atoms with Crippen molar-refractivity contribution >= 4 is 15.7 Å². The van der Waals surface area contributed by atoms with Crippen LogP contribution in [0.25, 0.3) is 0 Å². The van der Waals surface area contributed by atoms with E-state index in [-0.39, 0.29) is 10.7 Å². The Morgan fingerprint density at radius 1 is 1.33 bits per heavy atom. The van der Waals surface area contributed by atoms with Crippen molar-refractivity contribution in [2.75, 3.05) is 11.8 Å². The molecule has 0 amide bonds. The van der Waals surface area contributed by atoms with Crippen molar-refractivity contribution in [2.45, 2.75) is 25.4 Å². The number of aryl methyl sites for hydroxylation is 2. The number of halogens is 1. The number of nitrogens with one attached hydrogen (secondary N) is 3. The first kappa shape index (κ1) is 15.5. The van der Waals surface area contributed by atoms with Crippen LogP contribution in [-0.2, 0) is 16.6 Å². The van der Waals surface area contributed by atoms with Crippen molar-refractivity contribution < 1.29 is 12.8 Å². The van der Waals surface area contributed by atoms with E-state index in [1.165, 1.54) is 12.1 Å². The average Bonchev–Trinajstić information content (AvgIpc) is 2.77. The second-order valence-corrected chi connectivity index (χ2v) is 6.35. The fourth-order valence-electron chi connectivity index (χ4n) is 1.95. The highest BCUT2D eigenvalue weighted by atomic mass is 32.2. The zero-order valence-electron chi connectivity index (χ0n) is 12.0. The van der Waals surface area contributed by atoms with Crippen molar-refractivity contribution in [1.29, 1.82) is 0 Å². The van der Waals surface area contributed by atoms with E-state index in [0.29, 0.717) is 17.8 Å². The first-order chi connectivity index (χ1) is 9.85. The summed E-state index contributed by atoms with van der Waals surface area (Å²) in [6, 6.07) is 4.22. The minimum Gasteiger partial charge on any atom is -0.316 e. The molecule has 2 aromatic rings. The second-order valence-electron chi connectivity index (χ2n) is 4.75. The van der Waals surface area contributed by atoms with Crippen molar-refractivity contribution in [3.05, 3.63) is 40.8 Å². The van der Waals surface area contributed by atoms with E-state index in [0.717, 1.165) is 5.56 Å². The maximum Gasteiger partial charge on any atom is 0.281 e. The Balaban J connectivity index is 2.41. The molecule has 0 unspecified atom stereocenters. The van der Waals surface area contributed by atoms with E-state index in [9.17, 15) is 12.8 Å². The van der Waals surface area contributed by atoms with Gasteiger partial charge in [0.15, 0.2) is 0 Å². The molecule has 21 heavy (non-hydrogen) atoms. The van der Waals surface area contributed by atoms with Gasteiger partial charge in [0, 0.05) is 17.8 Å². The molecule has 1 heterocycles. The Bertz CT molecular complexity index is 756. The zero-order valence-corrected chi connectivity index (χ0v) is 12.8. The van der Waals surface area contributed by atoms with Gasteiger partial charge in [-0.2, -0.15) is 13.5 Å². The minimum atomic E-state index is -3.96. The van der Waals surface area contributed by atoms with Crippen LogP contribution in [0.4, 0.5) is 10.1 Å². The number of H-pyrrole nitrogens is 1. The molecular formula is C13H17FN4O2S. The summed E-state index contributed by atoms with van der Waals surface area (Å²) in [5.41, 5.74) is 1.83. The minimum absolute atomic E-state index is 0.0916. The Morgan fingerprint density at radius 3 is 2.71 bits per heavy atom. The molecule has 8 heteroatoms. The highest BCUT2D eigenvalue weighted by Gasteiger charge is 2.24. The standard InChI is InChI=1S/C13H17FN4O2S/c1-8-4-5-11(14)12(6-8)18-21(19,20)13-10(7-15-3)9(2)16-17-13/h4-6,15,18H,7H2,1-3H3,(H,16,17). The lowest BCUT2D eigenvalue weighted by atomic mass is 10.2. The van der Waals surface area contributed by atoms with Crippen molar-refractivity contribution in [2.24, 2.45) is 0 Å². The summed E-state index contributed by atoms with van der Waals surface area (Å²) in [4.78, 5) is 0. The van der Waals surface area contributed by atoms with Gasteiger partial charge in [0.2, 0.25) is 5.03 Å². The van der Waals surface area contributed by atoms with Crippen LogP contribution >= 0.6 is 0 Å². The predicted molar refractivity (Wildman–Crippen MR) is 78.0 cm³/mol. The smallest absolute Gasteiger partial charge is 0.281 e. The molecule has 0 saturated heterocycles. The summed E-state index contributed by atoms with van der Waals surface area (Å²) >= 11 is 0. The van der Waals surface area contributed by atoms with Gasteiger partial charge < -0.3 is 5.32 Å². The van der Waals surface area contributed by atoms with E-state index in [1.807, 2.05) is 0 Å². The van der Waals surface area contributed by atoms with E-state index < -0.39 is 15.8 Å². The maximum atomic E-state index is 13.7. The number of rotatable bonds is 5. The van der Waals surface area contributed by atoms with E-state index >= 15 is 0 Å². The molecule has 0 radical (unpaired) electrons. The van der Waals surface area contributed by atoms with Crippen LogP contribution in [0, 0.1) is 19.7 Å². The lowest BCUT2D eigenvalue weighted by Crippen LogP contribution is -2.18. The van der Waals surface area contributed by atoms with Crippen molar-refractivity contribution in [3.63, 3.8) is 0 Å². The second kappa shape index (κ2) is 5.82. The molecule has 0 spiro atoms. The number of aromatic amines is 1. The average molecular weight is 312 g/mol. The molecule has 0 aliphatic heterocycles. The summed E-state index contributed by atoms with van der Waals surface area (Å²) in [6.45, 7) is 3.82. The molecule has 2 rings (SSSR count). The van der Waals surface area contributed by atoms with Crippen LogP contribution in [0.2, 0.25) is 0 Å². The molecular weight excluding hydrogens is 295 g/mol. The van der Waals surface area contributed by atoms with Crippen LogP contribution in [0.1, 0.15) is 16.8 Å². The van der Waals surface area contributed by atoms with Gasteiger partial charge in [0.1, 0.15) is 5.82 Å². The zero-order chi connectivity index (χ0) is 15.6. The predicted octanol–water partition coefficient (Wildman–Crippen LogP) is 1.69. The summed E-state index contributed by atoms with van der Waals surface area (Å²) < 4.78 is 40.7. The van der Waals surface area contributed by atoms with Crippen LogP contribution in [0.15, 0.2) is 23.2 Å². The maximum absolute atomic E-state index is 13.7. The summed E-state index contributed by atoms with van der Waals surface area (Å²) in [5, 5.41) is 9.21. The Labute approximate surface area is 122 Å². The Morgan fingerprint density at radius 2 is 2.05 bits per heavy atom. The molecule has 0 aliphatic carbocycles. The van der Waals surface area contributed by atoms with Gasteiger partial charge in [0.05, 0.1) is 5.69 Å². The molecule has 6 nitrogen and oxygen atoms in total. The van der Waals surface area contributed by atoms with Crippen LogP contribution in [-0.4, -0.2) is 25.7 Å². The topological polar surface area (TPSA) is 86.9 Å². The molecule has 0 atom stereocenters. The molecule has 0 fully saturated rings. The van der Waals surface area contributed by atoms with E-state index in [4.69, 9.17) is 0 Å². The van der Waals surface area contributed by atoms with Crippen LogP contribution in [0.3, 0.4) is 0 Å². The van der Waals surface area contributed by atoms with Crippen LogP contribution < -0.4 is 10.0 Å². The van der Waals surface area contributed by atoms with Gasteiger partial charge >= 0.3 is 0 Å². The molecule has 114 valence electrons. The number of hydrogen-bond donors (Lipinski definition) is 3. The lowest BCUT2D eigenvalue weighted by Gasteiger charge is -2.09. The van der Waals surface area contributed by atoms with Crippen LogP contribution in [0.5, 0.6) is 0 Å². The number of nitrogens with zero attached hydrogens (tertiary/aromatic N) is 1. The van der Waals surface area contributed by atoms with Gasteiger partial charge in [-0.3, -0.25) is 9.82 Å². The number of anilines is 1. The number of hydrogen-bond acceptors (Lipinski definition) is 4. The lowest BCUT2D eigenvalue weighted by molar-refractivity contribution is 0.592. The highest BCUT2D eigenvalue weighted by Crippen LogP contribution is 2.22. The molecule has 3 N–H and O–H groups in total. The Kier molecular flexibility index (Phi) is 4.29. The third kappa shape index (κ3) is 3.22. The third-order valence-electron chi connectivity index (χ3n) is 3.01. The number of sulfonamides is 1. The van der Waals surface area contributed by atoms with Gasteiger partial charge in [0.25, 0.3) is 10.0 Å². The van der Waals surface area contributed by atoms with Crippen molar-refractivity contribution in [3.8, 4) is 0 Å². The molecule has 0 bridgehead atoms. The quantitative estimate of drug-likeness (QED) is 0.784. The van der Waals surface area contributed by atoms with E-state index in [1.54, 1.807) is 27.0 Å². The fraction of sp³-hybridized carbons (Fsp3) is 0.308. The molecule has 0 saturated carbocycles. The SMILES string of the molecule is CNCc1c(S(=O)(=O)Nc2cc(C)ccc2F)n[nH]c1C.